The SMILES string of the molecule is C.CCC12CCC(C)CC1CCI1C3CCC(C(=O)O)C3(C)CCC12. The number of aliphatic carboxylic acids is 1. The molecule has 0 aromatic carbocycles. The van der Waals surface area contributed by atoms with Gasteiger partial charge in [-0.25, -0.2) is 0 Å². The van der Waals surface area contributed by atoms with Crippen molar-refractivity contribution in [2.75, 3.05) is 4.43 Å². The summed E-state index contributed by atoms with van der Waals surface area (Å²) in [6.45, 7) is 7.31. The van der Waals surface area contributed by atoms with Gasteiger partial charge in [-0.15, -0.1) is 0 Å². The summed E-state index contributed by atoms with van der Waals surface area (Å²) in [5, 5.41) is 9.74. The van der Waals surface area contributed by atoms with E-state index in [0.717, 1.165) is 26.1 Å². The van der Waals surface area contributed by atoms with Crippen LogP contribution >= 0.6 is 19.8 Å². The number of carboxylic acids is 1. The summed E-state index contributed by atoms with van der Waals surface area (Å²) < 4.78 is 3.43. The molecule has 2 saturated heterocycles. The van der Waals surface area contributed by atoms with Gasteiger partial charge in [0.2, 0.25) is 0 Å². The van der Waals surface area contributed by atoms with Gasteiger partial charge < -0.3 is 0 Å². The molecule has 0 aromatic rings. The molecule has 25 heavy (non-hydrogen) atoms. The van der Waals surface area contributed by atoms with Crippen molar-refractivity contribution in [2.24, 2.45) is 28.6 Å². The first-order valence-electron chi connectivity index (χ1n) is 10.3. The Kier molecular flexibility index (Phi) is 5.57. The molecule has 4 fully saturated rings. The van der Waals surface area contributed by atoms with Gasteiger partial charge in [-0.2, -0.15) is 0 Å². The summed E-state index contributed by atoms with van der Waals surface area (Å²) >= 11 is -1.07. The van der Waals surface area contributed by atoms with Gasteiger partial charge in [0.15, 0.2) is 0 Å². The molecule has 2 aliphatic heterocycles. The van der Waals surface area contributed by atoms with Crippen molar-refractivity contribution in [3.05, 3.63) is 0 Å². The van der Waals surface area contributed by atoms with Crippen molar-refractivity contribution >= 4 is 25.8 Å². The molecule has 7 unspecified atom stereocenters. The Hall–Kier alpha value is 0.200. The van der Waals surface area contributed by atoms with Gasteiger partial charge in [0.05, 0.1) is 0 Å². The van der Waals surface area contributed by atoms with Crippen LogP contribution in [-0.4, -0.2) is 23.4 Å². The molecule has 0 radical (unpaired) electrons. The summed E-state index contributed by atoms with van der Waals surface area (Å²) in [6.07, 6.45) is 12.1. The van der Waals surface area contributed by atoms with Crippen LogP contribution in [-0.2, 0) is 4.79 Å². The molecule has 0 aromatic heterocycles. The van der Waals surface area contributed by atoms with Crippen molar-refractivity contribution in [1.29, 1.82) is 0 Å². The zero-order valence-corrected chi connectivity index (χ0v) is 17.8. The molecule has 0 amide bonds. The second kappa shape index (κ2) is 6.98. The quantitative estimate of drug-likeness (QED) is 0.381. The van der Waals surface area contributed by atoms with Crippen LogP contribution in [0, 0.1) is 28.6 Å². The number of carbonyl (C=O) groups is 1. The van der Waals surface area contributed by atoms with Gasteiger partial charge >= 0.3 is 155 Å². The molecular weight excluding hydrogens is 423 g/mol. The second-order valence-corrected chi connectivity index (χ2v) is 16.1. The summed E-state index contributed by atoms with van der Waals surface area (Å²) in [6, 6.07) is 0. The Balaban J connectivity index is 0.00000182. The zero-order chi connectivity index (χ0) is 17.1. The molecule has 2 aliphatic carbocycles. The fraction of sp³-hybridized carbons (Fsp3) is 0.955. The summed E-state index contributed by atoms with van der Waals surface area (Å²) in [5.74, 6) is 1.39. The van der Waals surface area contributed by atoms with Crippen molar-refractivity contribution in [1.82, 2.24) is 0 Å². The fourth-order valence-electron chi connectivity index (χ4n) is 7.30. The van der Waals surface area contributed by atoms with Crippen LogP contribution in [0.25, 0.3) is 0 Å². The number of hydrogen-bond acceptors (Lipinski definition) is 1. The third kappa shape index (κ3) is 2.81. The first kappa shape index (κ1) is 19.9. The predicted octanol–water partition coefficient (Wildman–Crippen LogP) is 6.40. The molecule has 0 spiro atoms. The molecule has 2 nitrogen and oxygen atoms in total. The maximum absolute atomic E-state index is 11.8. The minimum atomic E-state index is -1.07. The third-order valence-corrected chi connectivity index (χ3v) is 18.3. The molecule has 3 heteroatoms. The Morgan fingerprint density at radius 1 is 1.12 bits per heavy atom. The van der Waals surface area contributed by atoms with E-state index in [1.54, 1.807) is 4.43 Å². The van der Waals surface area contributed by atoms with Crippen LogP contribution < -0.4 is 0 Å². The molecular formula is C22H39IO2. The summed E-state index contributed by atoms with van der Waals surface area (Å²) in [5.41, 5.74) is 0.815. The topological polar surface area (TPSA) is 37.3 Å². The van der Waals surface area contributed by atoms with Crippen LogP contribution in [0.5, 0.6) is 0 Å². The Morgan fingerprint density at radius 3 is 2.56 bits per heavy atom. The number of alkyl halides is 3. The molecule has 1 N–H and O–H groups in total. The van der Waals surface area contributed by atoms with Crippen molar-refractivity contribution in [2.45, 2.75) is 93.8 Å². The van der Waals surface area contributed by atoms with Gasteiger partial charge in [0, 0.05) is 0 Å². The molecule has 4 rings (SSSR count). The van der Waals surface area contributed by atoms with E-state index in [1.807, 2.05) is 0 Å². The van der Waals surface area contributed by atoms with E-state index in [4.69, 9.17) is 0 Å². The average Bonchev–Trinajstić information content (AvgIpc) is 2.91. The number of fused-ring (bicyclic) bond motifs is 5. The number of carboxylic acid groups (broad SMARTS) is 1. The molecule has 146 valence electrons. The van der Waals surface area contributed by atoms with Crippen LogP contribution in [0.3, 0.4) is 0 Å². The van der Waals surface area contributed by atoms with E-state index in [9.17, 15) is 9.90 Å². The van der Waals surface area contributed by atoms with E-state index in [-0.39, 0.29) is 18.8 Å². The number of hydrogen-bond donors (Lipinski definition) is 1. The van der Waals surface area contributed by atoms with Crippen LogP contribution in [0.4, 0.5) is 0 Å². The van der Waals surface area contributed by atoms with Gasteiger partial charge in [0.25, 0.3) is 0 Å². The van der Waals surface area contributed by atoms with Crippen molar-refractivity contribution < 1.29 is 9.90 Å². The number of rotatable bonds is 2. The molecule has 7 atom stereocenters. The normalized spacial score (nSPS) is 50.2. The monoisotopic (exact) mass is 462 g/mol. The van der Waals surface area contributed by atoms with E-state index in [0.29, 0.717) is 5.41 Å². The first-order chi connectivity index (χ1) is 11.4. The van der Waals surface area contributed by atoms with Gasteiger partial charge in [-0.1, -0.05) is 7.43 Å². The summed E-state index contributed by atoms with van der Waals surface area (Å²) in [7, 11) is 0. The van der Waals surface area contributed by atoms with Crippen LogP contribution in [0.15, 0.2) is 0 Å². The van der Waals surface area contributed by atoms with Crippen molar-refractivity contribution in [3.8, 4) is 0 Å². The maximum atomic E-state index is 11.8. The Bertz CT molecular complexity index is 520. The van der Waals surface area contributed by atoms with E-state index >= 15 is 0 Å². The van der Waals surface area contributed by atoms with E-state index < -0.39 is 25.8 Å². The Morgan fingerprint density at radius 2 is 1.88 bits per heavy atom. The second-order valence-electron chi connectivity index (χ2n) is 9.52. The van der Waals surface area contributed by atoms with Crippen molar-refractivity contribution in [3.63, 3.8) is 0 Å². The minimum absolute atomic E-state index is 0. The third-order valence-electron chi connectivity index (χ3n) is 8.69. The predicted molar refractivity (Wildman–Crippen MR) is 115 cm³/mol. The van der Waals surface area contributed by atoms with Gasteiger partial charge in [-0.3, -0.25) is 0 Å². The fourth-order valence-corrected chi connectivity index (χ4v) is 19.0. The van der Waals surface area contributed by atoms with E-state index in [2.05, 4.69) is 20.8 Å². The first-order valence-corrected chi connectivity index (χ1v) is 14.3. The standard InChI is InChI=1S/C21H35IO2.CH4/c1-4-21-11-7-14(2)13-15(21)9-12-22-17-6-5-16(19(23)24)20(17,3)10-8-18(21)22;/h14-18H,4-13H2,1-3H3,(H,23,24);1H4. The summed E-state index contributed by atoms with van der Waals surface area (Å²) in [4.78, 5) is 11.8. The van der Waals surface area contributed by atoms with Gasteiger partial charge in [-0.05, 0) is 0 Å². The molecule has 2 saturated carbocycles. The Labute approximate surface area is 162 Å². The van der Waals surface area contributed by atoms with Gasteiger partial charge in [0.1, 0.15) is 0 Å². The average molecular weight is 462 g/mol. The molecule has 2 heterocycles. The number of halogens is 1. The zero-order valence-electron chi connectivity index (χ0n) is 15.7. The van der Waals surface area contributed by atoms with Crippen LogP contribution in [0.2, 0.25) is 0 Å². The molecule has 0 bridgehead atoms. The van der Waals surface area contributed by atoms with E-state index in [1.165, 1.54) is 51.4 Å². The van der Waals surface area contributed by atoms with Crippen LogP contribution in [0.1, 0.15) is 86.0 Å². The molecule has 4 aliphatic rings.